The van der Waals surface area contributed by atoms with E-state index < -0.39 is 5.63 Å². The minimum Gasteiger partial charge on any atom is -0.422 e. The Labute approximate surface area is 214 Å². The number of aromatic nitrogens is 1. The summed E-state index contributed by atoms with van der Waals surface area (Å²) >= 11 is 7.82. The van der Waals surface area contributed by atoms with E-state index in [0.717, 1.165) is 26.2 Å². The summed E-state index contributed by atoms with van der Waals surface area (Å²) in [6.07, 6.45) is 0. The Morgan fingerprint density at radius 1 is 0.861 bits per heavy atom. The van der Waals surface area contributed by atoms with Gasteiger partial charge in [-0.25, -0.2) is 9.78 Å². The fraction of sp³-hybridized carbons (Fsp3) is 0. The van der Waals surface area contributed by atoms with Crippen LogP contribution in [0.1, 0.15) is 10.4 Å². The average molecular weight is 509 g/mol. The van der Waals surface area contributed by atoms with Crippen molar-refractivity contribution in [1.82, 2.24) is 4.98 Å². The van der Waals surface area contributed by atoms with Gasteiger partial charge >= 0.3 is 5.63 Å². The summed E-state index contributed by atoms with van der Waals surface area (Å²) in [5, 5.41) is 5.11. The van der Waals surface area contributed by atoms with Crippen LogP contribution in [-0.4, -0.2) is 10.9 Å². The number of benzene rings is 4. The molecule has 36 heavy (non-hydrogen) atoms. The molecule has 0 atom stereocenters. The molecule has 2 aromatic heterocycles. The zero-order chi connectivity index (χ0) is 24.6. The Balaban J connectivity index is 1.35. The molecule has 2 heterocycles. The van der Waals surface area contributed by atoms with E-state index in [1.54, 1.807) is 54.6 Å². The van der Waals surface area contributed by atoms with Gasteiger partial charge in [-0.05, 0) is 60.2 Å². The molecule has 0 aliphatic carbocycles. The summed E-state index contributed by atoms with van der Waals surface area (Å²) in [6.45, 7) is 0. The Kier molecular flexibility index (Phi) is 5.60. The second kappa shape index (κ2) is 9.07. The molecule has 1 amide bonds. The number of para-hydroxylation sites is 2. The van der Waals surface area contributed by atoms with Crippen LogP contribution in [0.5, 0.6) is 0 Å². The molecular weight excluding hydrogens is 492 g/mol. The largest absolute Gasteiger partial charge is 0.422 e. The van der Waals surface area contributed by atoms with E-state index in [4.69, 9.17) is 21.0 Å². The van der Waals surface area contributed by atoms with Crippen molar-refractivity contribution in [1.29, 1.82) is 0 Å². The van der Waals surface area contributed by atoms with Crippen LogP contribution in [0.3, 0.4) is 0 Å². The van der Waals surface area contributed by atoms with E-state index in [9.17, 15) is 9.59 Å². The quantitative estimate of drug-likeness (QED) is 0.248. The summed E-state index contributed by atoms with van der Waals surface area (Å²) < 4.78 is 6.52. The number of nitrogens with one attached hydrogen (secondary N) is 1. The number of hydrogen-bond acceptors (Lipinski definition) is 5. The first-order valence-electron chi connectivity index (χ1n) is 11.2. The smallest absolute Gasteiger partial charge is 0.344 e. The zero-order valence-corrected chi connectivity index (χ0v) is 20.3. The highest BCUT2D eigenvalue weighted by Crippen LogP contribution is 2.36. The number of carbonyl (C=O) groups is 1. The van der Waals surface area contributed by atoms with Gasteiger partial charge in [0.15, 0.2) is 0 Å². The van der Waals surface area contributed by atoms with Crippen LogP contribution in [0.15, 0.2) is 106 Å². The number of rotatable bonds is 4. The van der Waals surface area contributed by atoms with Gasteiger partial charge in [0.25, 0.3) is 5.91 Å². The van der Waals surface area contributed by atoms with E-state index >= 15 is 0 Å². The minimum atomic E-state index is -0.456. The SMILES string of the molecule is O=C(Nc1ccc(Cl)cc1-c1nc2ccccc2s1)c1cccc(-c2cc3ccccc3oc2=O)c1. The summed E-state index contributed by atoms with van der Waals surface area (Å²) in [5.41, 5.74) is 3.69. The fourth-order valence-corrected chi connectivity index (χ4v) is 5.24. The van der Waals surface area contributed by atoms with Crippen LogP contribution in [-0.2, 0) is 0 Å². The van der Waals surface area contributed by atoms with Crippen molar-refractivity contribution in [2.75, 3.05) is 5.32 Å². The molecule has 5 nitrogen and oxygen atoms in total. The second-order valence-electron chi connectivity index (χ2n) is 8.20. The molecule has 0 spiro atoms. The molecule has 0 fully saturated rings. The van der Waals surface area contributed by atoms with Crippen LogP contribution in [0.4, 0.5) is 5.69 Å². The monoisotopic (exact) mass is 508 g/mol. The lowest BCUT2D eigenvalue weighted by Gasteiger charge is -2.11. The van der Waals surface area contributed by atoms with Crippen LogP contribution in [0.2, 0.25) is 5.02 Å². The molecule has 7 heteroatoms. The highest BCUT2D eigenvalue weighted by molar-refractivity contribution is 7.21. The standard InChI is InChI=1S/C29H17ClN2O3S/c30-20-12-13-23(22(16-20)28-32-24-9-2-4-11-26(24)36-28)31-27(33)19-8-5-7-17(14-19)21-15-18-6-1-3-10-25(18)35-29(21)34/h1-16H,(H,31,33). The Hall–Kier alpha value is -4.26. The average Bonchev–Trinajstić information content (AvgIpc) is 3.33. The number of nitrogens with zero attached hydrogens (tertiary/aromatic N) is 1. The van der Waals surface area contributed by atoms with E-state index in [2.05, 4.69) is 5.32 Å². The van der Waals surface area contributed by atoms with Gasteiger partial charge in [-0.15, -0.1) is 11.3 Å². The molecule has 6 aromatic rings. The first-order valence-corrected chi connectivity index (χ1v) is 12.3. The molecule has 4 aromatic carbocycles. The molecule has 0 unspecified atom stereocenters. The highest BCUT2D eigenvalue weighted by Gasteiger charge is 2.16. The molecule has 0 bridgehead atoms. The summed E-state index contributed by atoms with van der Waals surface area (Å²) in [6, 6.07) is 29.2. The predicted molar refractivity (Wildman–Crippen MR) is 146 cm³/mol. The van der Waals surface area contributed by atoms with E-state index in [-0.39, 0.29) is 5.91 Å². The lowest BCUT2D eigenvalue weighted by atomic mass is 10.0. The summed E-state index contributed by atoms with van der Waals surface area (Å²) in [7, 11) is 0. The third-order valence-electron chi connectivity index (χ3n) is 5.83. The molecule has 0 aliphatic rings. The van der Waals surface area contributed by atoms with Crippen LogP contribution in [0, 0.1) is 0 Å². The van der Waals surface area contributed by atoms with Crippen LogP contribution < -0.4 is 10.9 Å². The number of halogens is 1. The third kappa shape index (κ3) is 4.17. The minimum absolute atomic E-state index is 0.313. The van der Waals surface area contributed by atoms with Gasteiger partial charge in [-0.2, -0.15) is 0 Å². The number of thiazole rings is 1. The molecule has 0 radical (unpaired) electrons. The zero-order valence-electron chi connectivity index (χ0n) is 18.7. The molecule has 0 aliphatic heterocycles. The van der Waals surface area contributed by atoms with Crippen LogP contribution >= 0.6 is 22.9 Å². The fourth-order valence-electron chi connectivity index (χ4n) is 4.08. The maximum atomic E-state index is 13.3. The Bertz CT molecular complexity index is 1810. The third-order valence-corrected chi connectivity index (χ3v) is 7.14. The maximum Gasteiger partial charge on any atom is 0.344 e. The van der Waals surface area contributed by atoms with Crippen molar-refractivity contribution < 1.29 is 9.21 Å². The highest BCUT2D eigenvalue weighted by atomic mass is 35.5. The molecule has 0 saturated heterocycles. The van der Waals surface area contributed by atoms with Gasteiger partial charge in [0.2, 0.25) is 0 Å². The van der Waals surface area contributed by atoms with Crippen molar-refractivity contribution in [2.24, 2.45) is 0 Å². The number of anilines is 1. The maximum absolute atomic E-state index is 13.3. The Morgan fingerprint density at radius 2 is 1.69 bits per heavy atom. The van der Waals surface area contributed by atoms with Crippen molar-refractivity contribution in [3.63, 3.8) is 0 Å². The van der Waals surface area contributed by atoms with Crippen molar-refractivity contribution >= 4 is 55.7 Å². The summed E-state index contributed by atoms with van der Waals surface area (Å²) in [5.74, 6) is -0.313. The Morgan fingerprint density at radius 3 is 2.58 bits per heavy atom. The second-order valence-corrected chi connectivity index (χ2v) is 9.66. The summed E-state index contributed by atoms with van der Waals surface area (Å²) in [4.78, 5) is 30.6. The number of amides is 1. The van der Waals surface area contributed by atoms with Gasteiger partial charge in [-0.3, -0.25) is 4.79 Å². The van der Waals surface area contributed by atoms with Crippen LogP contribution in [0.25, 0.3) is 42.9 Å². The first-order chi connectivity index (χ1) is 17.5. The lowest BCUT2D eigenvalue weighted by Crippen LogP contribution is -2.13. The van der Waals surface area contributed by atoms with Crippen molar-refractivity contribution in [2.45, 2.75) is 0 Å². The van der Waals surface area contributed by atoms with Gasteiger partial charge in [0.05, 0.1) is 21.5 Å². The van der Waals surface area contributed by atoms with Gasteiger partial charge in [0, 0.05) is 21.5 Å². The molecule has 6 rings (SSSR count). The number of fused-ring (bicyclic) bond motifs is 2. The predicted octanol–water partition coefficient (Wildman–Crippen LogP) is 7.64. The topological polar surface area (TPSA) is 72.2 Å². The number of carbonyl (C=O) groups excluding carboxylic acids is 1. The molecule has 174 valence electrons. The van der Waals surface area contributed by atoms with Gasteiger partial charge in [0.1, 0.15) is 10.6 Å². The normalized spacial score (nSPS) is 11.1. The first kappa shape index (κ1) is 22.2. The molecular formula is C29H17ClN2O3S. The lowest BCUT2D eigenvalue weighted by molar-refractivity contribution is 0.102. The van der Waals surface area contributed by atoms with E-state index in [1.165, 1.54) is 11.3 Å². The molecule has 1 N–H and O–H groups in total. The number of hydrogen-bond donors (Lipinski definition) is 1. The van der Waals surface area contributed by atoms with Crippen molar-refractivity contribution in [3.05, 3.63) is 118 Å². The van der Waals surface area contributed by atoms with Gasteiger partial charge < -0.3 is 9.73 Å². The van der Waals surface area contributed by atoms with E-state index in [0.29, 0.717) is 33.0 Å². The van der Waals surface area contributed by atoms with Gasteiger partial charge in [-0.1, -0.05) is 54.1 Å². The van der Waals surface area contributed by atoms with E-state index in [1.807, 2.05) is 42.5 Å². The molecule has 0 saturated carbocycles. The van der Waals surface area contributed by atoms with Crippen molar-refractivity contribution in [3.8, 4) is 21.7 Å².